The number of aliphatic hydroxyl groups excluding tert-OH is 4. The van der Waals surface area contributed by atoms with E-state index >= 15 is 0 Å². The van der Waals surface area contributed by atoms with Gasteiger partial charge in [-0.2, -0.15) is 0 Å². The number of hydrogen-bond donors (Lipinski definition) is 5. The van der Waals surface area contributed by atoms with Crippen LogP contribution in [0.4, 0.5) is 0 Å². The maximum Gasteiger partial charge on any atom is 0.338 e. The van der Waals surface area contributed by atoms with E-state index in [1.165, 1.54) is 63.5 Å². The summed E-state index contributed by atoms with van der Waals surface area (Å²) in [6, 6.07) is 6.05. The zero-order valence-corrected chi connectivity index (χ0v) is 41.4. The number of carbonyl (C=O) groups is 3. The number of rotatable bonds is 19. The van der Waals surface area contributed by atoms with Gasteiger partial charge in [0.15, 0.2) is 24.8 Å². The van der Waals surface area contributed by atoms with E-state index in [9.17, 15) is 39.9 Å². The number of benzene rings is 1. The number of carbonyl (C=O) groups excluding carboxylic acids is 3. The van der Waals surface area contributed by atoms with Crippen molar-refractivity contribution >= 4 is 17.9 Å². The Labute approximate surface area is 407 Å². The zero-order chi connectivity index (χ0) is 49.7. The molecule has 5 fully saturated rings. The third-order valence-electron chi connectivity index (χ3n) is 16.8. The molecule has 5 N–H and O–H groups in total. The van der Waals surface area contributed by atoms with Crippen LogP contribution in [0.5, 0.6) is 5.75 Å². The Balaban J connectivity index is 1.13. The normalized spacial score (nSPS) is 39.1. The average Bonchev–Trinajstić information content (AvgIpc) is 3.56. The molecule has 0 amide bonds. The first-order valence-corrected chi connectivity index (χ1v) is 25.5. The second kappa shape index (κ2) is 23.0. The minimum absolute atomic E-state index is 0.0544. The number of esters is 3. The number of hydrogen-bond acceptors (Lipinski definition) is 16. The summed E-state index contributed by atoms with van der Waals surface area (Å²) in [5.74, 6) is -1.83. The highest BCUT2D eigenvalue weighted by Gasteiger charge is 2.70. The van der Waals surface area contributed by atoms with E-state index in [-0.39, 0.29) is 42.1 Å². The molecule has 1 aromatic carbocycles. The van der Waals surface area contributed by atoms with Crippen LogP contribution in [0, 0.1) is 34.5 Å². The molecule has 2 saturated heterocycles. The van der Waals surface area contributed by atoms with E-state index < -0.39 is 96.8 Å². The number of aliphatic hydroxyl groups is 5. The fraction of sp³-hybridized carbons (Fsp3) is 0.755. The molecule has 0 aromatic heterocycles. The van der Waals surface area contributed by atoms with Crippen LogP contribution in [0.2, 0.25) is 0 Å². The molecule has 16 heteroatoms. The van der Waals surface area contributed by atoms with Crippen LogP contribution in [-0.4, -0.2) is 137 Å². The number of unbranched alkanes of at least 4 members (excludes halogenated alkanes) is 6. The van der Waals surface area contributed by atoms with Crippen molar-refractivity contribution in [1.82, 2.24) is 0 Å². The van der Waals surface area contributed by atoms with Crippen LogP contribution in [0.15, 0.2) is 48.1 Å². The number of ether oxygens (including phenoxy) is 8. The van der Waals surface area contributed by atoms with E-state index in [0.29, 0.717) is 30.9 Å². The molecule has 7 rings (SSSR count). The molecule has 0 bridgehead atoms. The second-order valence-electron chi connectivity index (χ2n) is 21.1. The topological polar surface area (TPSA) is 226 Å². The van der Waals surface area contributed by atoms with Crippen molar-refractivity contribution in [3.8, 4) is 5.75 Å². The van der Waals surface area contributed by atoms with Crippen molar-refractivity contribution in [2.45, 2.75) is 192 Å². The minimum Gasteiger partial charge on any atom is -0.497 e. The maximum atomic E-state index is 13.6. The molecule has 69 heavy (non-hydrogen) atoms. The van der Waals surface area contributed by atoms with Crippen molar-refractivity contribution in [2.24, 2.45) is 34.5 Å². The summed E-state index contributed by atoms with van der Waals surface area (Å²) in [6.45, 7) is 8.79. The van der Waals surface area contributed by atoms with Crippen LogP contribution in [0.1, 0.15) is 135 Å². The lowest BCUT2D eigenvalue weighted by molar-refractivity contribution is -0.345. The Morgan fingerprint density at radius 1 is 0.855 bits per heavy atom. The Morgan fingerprint density at radius 3 is 2.26 bits per heavy atom. The van der Waals surface area contributed by atoms with Crippen LogP contribution >= 0.6 is 0 Å². The quantitative estimate of drug-likeness (QED) is 0.0359. The SMILES string of the molecule is CCCCCCCC/C=C\C(=O)OC[C@@H](C)[C@@]1(O)[C@@H](O[C@H]2OC[C@H](O)[C@H](O[C@@H]3OC[C@@H](O)[C@H](O)[C@H]3OC(=O)c3ccc(OC)cc3)[C@H]2OC(C)=O)CC2C3CC=C4C[C@@H](O)CC[C@]4(C)C3CC[C@@]21C. The largest absolute Gasteiger partial charge is 0.497 e. The average molecular weight is 971 g/mol. The molecule has 17 atom stereocenters. The molecule has 386 valence electrons. The summed E-state index contributed by atoms with van der Waals surface area (Å²) in [5.41, 5.74) is -1.01. The summed E-state index contributed by atoms with van der Waals surface area (Å²) in [6.07, 6.45) is 4.83. The summed E-state index contributed by atoms with van der Waals surface area (Å²) < 4.78 is 47.8. The molecule has 0 spiro atoms. The summed E-state index contributed by atoms with van der Waals surface area (Å²) in [4.78, 5) is 39.4. The van der Waals surface area contributed by atoms with Crippen LogP contribution in [0.3, 0.4) is 0 Å². The highest BCUT2D eigenvalue weighted by atomic mass is 16.8. The van der Waals surface area contributed by atoms with Crippen molar-refractivity contribution in [1.29, 1.82) is 0 Å². The molecule has 16 nitrogen and oxygen atoms in total. The molecule has 4 aliphatic carbocycles. The summed E-state index contributed by atoms with van der Waals surface area (Å²) in [7, 11) is 1.48. The Morgan fingerprint density at radius 2 is 1.55 bits per heavy atom. The summed E-state index contributed by atoms with van der Waals surface area (Å²) in [5, 5.41) is 57.4. The monoisotopic (exact) mass is 971 g/mol. The predicted octanol–water partition coefficient (Wildman–Crippen LogP) is 5.87. The van der Waals surface area contributed by atoms with Crippen LogP contribution < -0.4 is 4.74 Å². The molecule has 6 aliphatic rings. The highest BCUT2D eigenvalue weighted by Crippen LogP contribution is 2.69. The van der Waals surface area contributed by atoms with Gasteiger partial charge < -0.3 is 63.4 Å². The van der Waals surface area contributed by atoms with Crippen molar-refractivity contribution < 1.29 is 77.8 Å². The minimum atomic E-state index is -1.67. The molecule has 2 heterocycles. The molecule has 0 radical (unpaired) electrons. The van der Waals surface area contributed by atoms with Gasteiger partial charge in [0.1, 0.15) is 35.8 Å². The third-order valence-corrected chi connectivity index (χ3v) is 16.8. The molecular formula is C53H78O16. The van der Waals surface area contributed by atoms with Crippen LogP contribution in [-0.2, 0) is 42.7 Å². The molecule has 3 unspecified atom stereocenters. The second-order valence-corrected chi connectivity index (χ2v) is 21.1. The first-order valence-electron chi connectivity index (χ1n) is 25.5. The fourth-order valence-corrected chi connectivity index (χ4v) is 12.9. The number of methoxy groups -OCH3 is 1. The molecule has 3 saturated carbocycles. The lowest BCUT2D eigenvalue weighted by Gasteiger charge is -2.59. The Bertz CT molecular complexity index is 1960. The molecule has 1 aromatic rings. The van der Waals surface area contributed by atoms with E-state index in [1.54, 1.807) is 12.1 Å². The molecular weight excluding hydrogens is 893 g/mol. The van der Waals surface area contributed by atoms with Gasteiger partial charge in [0, 0.05) is 24.3 Å². The first-order chi connectivity index (χ1) is 32.9. The smallest absolute Gasteiger partial charge is 0.338 e. The fourth-order valence-electron chi connectivity index (χ4n) is 12.9. The van der Waals surface area contributed by atoms with Crippen molar-refractivity contribution in [3.05, 3.63) is 53.6 Å². The van der Waals surface area contributed by atoms with Gasteiger partial charge in [-0.3, -0.25) is 4.79 Å². The van der Waals surface area contributed by atoms with Gasteiger partial charge in [0.05, 0.1) is 44.7 Å². The standard InChI is InChI=1S/C53H78O16/c1-7-8-9-10-11-12-13-14-15-43(58)63-28-31(2)53(61)42(27-39-37-21-18-34-26-35(55)22-24-51(34,4)38(37)23-25-52(39,53)5)67-50-47(66-32(3)54)45(41(57)30-65-50)69-49-46(44(59)40(56)29-64-49)68-48(60)33-16-19-36(62-6)20-17-33/h14-20,31,35,37-42,44-47,49-50,55-57,59,61H,7-13,21-30H2,1-6H3/b15-14-/t31-,35+,37?,38?,39?,40-,41+,42+,44+,45+,46-,47-,49+,50-,51+,52+,53-/m1/s1. The maximum absolute atomic E-state index is 13.6. The number of fused-ring (bicyclic) bond motifs is 5. The van der Waals surface area contributed by atoms with Gasteiger partial charge in [0.25, 0.3) is 0 Å². The van der Waals surface area contributed by atoms with Gasteiger partial charge in [-0.25, -0.2) is 9.59 Å². The summed E-state index contributed by atoms with van der Waals surface area (Å²) >= 11 is 0. The Kier molecular flexibility index (Phi) is 17.8. The van der Waals surface area contributed by atoms with Crippen molar-refractivity contribution in [2.75, 3.05) is 26.9 Å². The lowest BCUT2D eigenvalue weighted by atomic mass is 9.46. The van der Waals surface area contributed by atoms with E-state index in [1.807, 2.05) is 13.0 Å². The van der Waals surface area contributed by atoms with E-state index in [4.69, 9.17) is 37.9 Å². The Hall–Kier alpha value is -3.45. The van der Waals surface area contributed by atoms with Gasteiger partial charge in [0.2, 0.25) is 0 Å². The third kappa shape index (κ3) is 11.3. The molecule has 2 aliphatic heterocycles. The zero-order valence-electron chi connectivity index (χ0n) is 41.4. The first kappa shape index (κ1) is 53.4. The number of allylic oxidation sites excluding steroid dienone is 2. The lowest BCUT2D eigenvalue weighted by Crippen LogP contribution is -2.64. The van der Waals surface area contributed by atoms with E-state index in [0.717, 1.165) is 44.9 Å². The highest BCUT2D eigenvalue weighted by molar-refractivity contribution is 5.89. The van der Waals surface area contributed by atoms with Crippen LogP contribution in [0.25, 0.3) is 0 Å². The van der Waals surface area contributed by atoms with Gasteiger partial charge in [-0.1, -0.05) is 77.5 Å². The van der Waals surface area contributed by atoms with Gasteiger partial charge >= 0.3 is 17.9 Å². The van der Waals surface area contributed by atoms with E-state index in [2.05, 4.69) is 26.8 Å². The predicted molar refractivity (Wildman–Crippen MR) is 250 cm³/mol. The van der Waals surface area contributed by atoms with Crippen molar-refractivity contribution in [3.63, 3.8) is 0 Å². The van der Waals surface area contributed by atoms with Gasteiger partial charge in [-0.05, 0) is 105 Å². The van der Waals surface area contributed by atoms with Gasteiger partial charge in [-0.15, -0.1) is 0 Å².